The number of rotatable bonds is 5. The van der Waals surface area contributed by atoms with E-state index in [1.807, 2.05) is 12.1 Å². The normalized spacial score (nSPS) is 19.3. The first-order chi connectivity index (χ1) is 12.8. The fourth-order valence-electron chi connectivity index (χ4n) is 3.32. The molecule has 8 heteroatoms. The summed E-state index contributed by atoms with van der Waals surface area (Å²) in [6.45, 7) is 1.73. The average Bonchev–Trinajstić information content (AvgIpc) is 3.14. The minimum atomic E-state index is -0.843. The summed E-state index contributed by atoms with van der Waals surface area (Å²) in [5, 5.41) is 4.13. The Bertz CT molecular complexity index is 854. The van der Waals surface area contributed by atoms with Crippen molar-refractivity contribution in [2.75, 3.05) is 21.3 Å². The molecule has 1 fully saturated rings. The van der Waals surface area contributed by atoms with Crippen molar-refractivity contribution >= 4 is 11.9 Å². The third kappa shape index (κ3) is 3.60. The Morgan fingerprint density at radius 3 is 2.30 bits per heavy atom. The van der Waals surface area contributed by atoms with Crippen molar-refractivity contribution in [3.05, 3.63) is 41.2 Å². The maximum absolute atomic E-state index is 12.6. The molecule has 1 amide bonds. The van der Waals surface area contributed by atoms with Gasteiger partial charge in [-0.2, -0.15) is 5.10 Å². The van der Waals surface area contributed by atoms with Gasteiger partial charge < -0.3 is 19.1 Å². The highest BCUT2D eigenvalue weighted by Gasteiger charge is 2.41. The summed E-state index contributed by atoms with van der Waals surface area (Å²) in [4.78, 5) is 26.7. The van der Waals surface area contributed by atoms with Gasteiger partial charge in [0.1, 0.15) is 17.1 Å². The molecule has 2 aromatic rings. The van der Waals surface area contributed by atoms with Gasteiger partial charge in [0.25, 0.3) is 5.91 Å². The van der Waals surface area contributed by atoms with Crippen molar-refractivity contribution in [2.45, 2.75) is 25.5 Å². The second-order valence-electron chi connectivity index (χ2n) is 6.54. The van der Waals surface area contributed by atoms with Crippen LogP contribution in [0.5, 0.6) is 11.5 Å². The number of amides is 1. The maximum atomic E-state index is 12.6. The lowest BCUT2D eigenvalue weighted by atomic mass is 10.0. The molecule has 0 aliphatic carbocycles. The lowest BCUT2D eigenvalue weighted by Gasteiger charge is -2.20. The molecular weight excluding hydrogens is 350 g/mol. The number of esters is 1. The molecule has 0 spiro atoms. The molecule has 2 atom stereocenters. The standard InChI is InChI=1S/C19H23N3O5/c1-11-15(10-21(2)20-11)19(24)27-17-9-16(22(3)18(17)23)12-6-13(25-4)8-14(7-12)26-5/h6-8,10,16-17H,9H2,1-5H3/t16-,17+/m0/s1. The Morgan fingerprint density at radius 1 is 1.15 bits per heavy atom. The van der Waals surface area contributed by atoms with Crippen LogP contribution >= 0.6 is 0 Å². The van der Waals surface area contributed by atoms with Gasteiger partial charge in [-0.1, -0.05) is 0 Å². The Hall–Kier alpha value is -3.03. The van der Waals surface area contributed by atoms with Crippen LogP contribution in [0.2, 0.25) is 0 Å². The summed E-state index contributed by atoms with van der Waals surface area (Å²) in [5.41, 5.74) is 1.79. The summed E-state index contributed by atoms with van der Waals surface area (Å²) in [7, 11) is 6.57. The molecule has 2 heterocycles. The number of benzene rings is 1. The molecule has 144 valence electrons. The van der Waals surface area contributed by atoms with E-state index in [9.17, 15) is 9.59 Å². The van der Waals surface area contributed by atoms with Gasteiger partial charge in [-0.15, -0.1) is 0 Å². The first kappa shape index (κ1) is 18.8. The molecule has 1 aliphatic heterocycles. The van der Waals surface area contributed by atoms with Crippen LogP contribution in [-0.2, 0) is 16.6 Å². The maximum Gasteiger partial charge on any atom is 0.342 e. The van der Waals surface area contributed by atoms with Crippen molar-refractivity contribution in [3.8, 4) is 11.5 Å². The van der Waals surface area contributed by atoms with Gasteiger partial charge in [0.15, 0.2) is 6.10 Å². The molecular formula is C19H23N3O5. The fraction of sp³-hybridized carbons (Fsp3) is 0.421. The lowest BCUT2D eigenvalue weighted by Crippen LogP contribution is -2.30. The summed E-state index contributed by atoms with van der Waals surface area (Å²) in [6.07, 6.45) is 1.10. The number of likely N-dealkylation sites (N-methyl/N-ethyl adjacent to an activating group) is 1. The summed E-state index contributed by atoms with van der Waals surface area (Å²) < 4.78 is 17.6. The smallest absolute Gasteiger partial charge is 0.342 e. The van der Waals surface area contributed by atoms with Gasteiger partial charge in [0.2, 0.25) is 0 Å². The number of hydrogen-bond donors (Lipinski definition) is 0. The van der Waals surface area contributed by atoms with Crippen molar-refractivity contribution in [1.82, 2.24) is 14.7 Å². The SMILES string of the molecule is COc1cc(OC)cc([C@@H]2C[C@@H](OC(=O)c3cn(C)nc3C)C(=O)N2C)c1. The number of hydrogen-bond acceptors (Lipinski definition) is 6. The Morgan fingerprint density at radius 2 is 1.78 bits per heavy atom. The third-order valence-corrected chi connectivity index (χ3v) is 4.77. The van der Waals surface area contributed by atoms with Gasteiger partial charge in [-0.3, -0.25) is 9.48 Å². The highest BCUT2D eigenvalue weighted by Crippen LogP contribution is 2.37. The predicted octanol–water partition coefficient (Wildman–Crippen LogP) is 1.87. The van der Waals surface area contributed by atoms with Gasteiger partial charge in [-0.25, -0.2) is 4.79 Å². The van der Waals surface area contributed by atoms with E-state index in [2.05, 4.69) is 5.10 Å². The van der Waals surface area contributed by atoms with Crippen molar-refractivity contribution in [1.29, 1.82) is 0 Å². The number of carbonyl (C=O) groups is 2. The molecule has 8 nitrogen and oxygen atoms in total. The van der Waals surface area contributed by atoms with E-state index >= 15 is 0 Å². The van der Waals surface area contributed by atoms with Crippen LogP contribution in [0.15, 0.2) is 24.4 Å². The molecule has 1 saturated heterocycles. The topological polar surface area (TPSA) is 82.9 Å². The second kappa shape index (κ2) is 7.30. The molecule has 1 aliphatic rings. The van der Waals surface area contributed by atoms with Gasteiger partial charge in [0, 0.05) is 32.8 Å². The lowest BCUT2D eigenvalue weighted by molar-refractivity contribution is -0.134. The van der Waals surface area contributed by atoms with Gasteiger partial charge in [-0.05, 0) is 24.6 Å². The van der Waals surface area contributed by atoms with Gasteiger partial charge in [0.05, 0.1) is 26.0 Å². The van der Waals surface area contributed by atoms with E-state index in [4.69, 9.17) is 14.2 Å². The van der Waals surface area contributed by atoms with E-state index in [-0.39, 0.29) is 11.9 Å². The molecule has 0 unspecified atom stereocenters. The predicted molar refractivity (Wildman–Crippen MR) is 96.8 cm³/mol. The minimum absolute atomic E-state index is 0.239. The molecule has 0 N–H and O–H groups in total. The molecule has 1 aromatic carbocycles. The van der Waals surface area contributed by atoms with E-state index < -0.39 is 12.1 Å². The van der Waals surface area contributed by atoms with Crippen LogP contribution in [-0.4, -0.2) is 53.9 Å². The zero-order chi connectivity index (χ0) is 19.7. The molecule has 0 bridgehead atoms. The minimum Gasteiger partial charge on any atom is -0.497 e. The second-order valence-corrected chi connectivity index (χ2v) is 6.54. The quantitative estimate of drug-likeness (QED) is 0.744. The number of carbonyl (C=O) groups excluding carboxylic acids is 2. The number of nitrogens with zero attached hydrogens (tertiary/aromatic N) is 3. The van der Waals surface area contributed by atoms with Crippen molar-refractivity contribution in [2.24, 2.45) is 7.05 Å². The Labute approximate surface area is 157 Å². The number of likely N-dealkylation sites (tertiary alicyclic amines) is 1. The highest BCUT2D eigenvalue weighted by atomic mass is 16.5. The van der Waals surface area contributed by atoms with Crippen LogP contribution in [0.3, 0.4) is 0 Å². The Balaban J connectivity index is 1.81. The zero-order valence-corrected chi connectivity index (χ0v) is 16.1. The molecule has 3 rings (SSSR count). The van der Waals surface area contributed by atoms with Crippen LogP contribution in [0.1, 0.15) is 34.1 Å². The van der Waals surface area contributed by atoms with Crippen LogP contribution < -0.4 is 9.47 Å². The summed E-state index contributed by atoms with van der Waals surface area (Å²) >= 11 is 0. The number of aromatic nitrogens is 2. The zero-order valence-electron chi connectivity index (χ0n) is 16.1. The van der Waals surface area contributed by atoms with Gasteiger partial charge >= 0.3 is 5.97 Å². The number of aryl methyl sites for hydroxylation is 2. The Kier molecular flexibility index (Phi) is 5.07. The number of ether oxygens (including phenoxy) is 3. The molecule has 0 saturated carbocycles. The highest BCUT2D eigenvalue weighted by molar-refractivity contribution is 5.93. The van der Waals surface area contributed by atoms with E-state index in [1.54, 1.807) is 57.1 Å². The van der Waals surface area contributed by atoms with Crippen LogP contribution in [0, 0.1) is 6.92 Å². The van der Waals surface area contributed by atoms with Crippen LogP contribution in [0.25, 0.3) is 0 Å². The van der Waals surface area contributed by atoms with E-state index in [1.165, 1.54) is 0 Å². The monoisotopic (exact) mass is 373 g/mol. The molecule has 0 radical (unpaired) electrons. The summed E-state index contributed by atoms with van der Waals surface area (Å²) in [6, 6.07) is 5.23. The molecule has 27 heavy (non-hydrogen) atoms. The van der Waals surface area contributed by atoms with E-state index in [0.717, 1.165) is 5.56 Å². The van der Waals surface area contributed by atoms with Crippen molar-refractivity contribution < 1.29 is 23.8 Å². The molecule has 1 aromatic heterocycles. The first-order valence-electron chi connectivity index (χ1n) is 8.55. The largest absolute Gasteiger partial charge is 0.497 e. The van der Waals surface area contributed by atoms with E-state index in [0.29, 0.717) is 29.2 Å². The number of methoxy groups -OCH3 is 2. The third-order valence-electron chi connectivity index (χ3n) is 4.77. The fourth-order valence-corrected chi connectivity index (χ4v) is 3.32. The van der Waals surface area contributed by atoms with Crippen molar-refractivity contribution in [3.63, 3.8) is 0 Å². The average molecular weight is 373 g/mol. The summed E-state index contributed by atoms with van der Waals surface area (Å²) in [5.74, 6) is 0.487. The first-order valence-corrected chi connectivity index (χ1v) is 8.55. The van der Waals surface area contributed by atoms with Crippen LogP contribution in [0.4, 0.5) is 0 Å².